The van der Waals surface area contributed by atoms with Crippen molar-refractivity contribution in [3.05, 3.63) is 42.2 Å². The predicted molar refractivity (Wildman–Crippen MR) is 77.9 cm³/mol. The second kappa shape index (κ2) is 5.09. The summed E-state index contributed by atoms with van der Waals surface area (Å²) in [4.78, 5) is 8.97. The first kappa shape index (κ1) is 12.7. The molecule has 0 aromatic carbocycles. The maximum atomic E-state index is 9.08. The molecule has 21 heavy (non-hydrogen) atoms. The van der Waals surface area contributed by atoms with E-state index in [1.54, 1.807) is 24.0 Å². The van der Waals surface area contributed by atoms with Gasteiger partial charge >= 0.3 is 0 Å². The Kier molecular flexibility index (Phi) is 3.08. The molecule has 0 fully saturated rings. The molecule has 1 aliphatic heterocycles. The lowest BCUT2D eigenvalue weighted by Gasteiger charge is -2.03. The minimum atomic E-state index is -0.105. The summed E-state index contributed by atoms with van der Waals surface area (Å²) in [6.07, 6.45) is 5.75. The molecule has 0 unspecified atom stereocenters. The number of thioether (sulfide) groups is 1. The first-order chi connectivity index (χ1) is 10.3. The molecule has 4 rings (SSSR count). The Morgan fingerprint density at radius 2 is 2.33 bits per heavy atom. The van der Waals surface area contributed by atoms with Gasteiger partial charge in [0, 0.05) is 30.9 Å². The van der Waals surface area contributed by atoms with Crippen molar-refractivity contribution in [3.63, 3.8) is 0 Å². The van der Waals surface area contributed by atoms with E-state index in [4.69, 9.17) is 9.52 Å². The van der Waals surface area contributed by atoms with Crippen molar-refractivity contribution in [2.24, 2.45) is 0 Å². The number of aliphatic hydroxyl groups excluding tert-OH is 1. The van der Waals surface area contributed by atoms with Crippen LogP contribution in [0.5, 0.6) is 0 Å². The first-order valence-electron chi connectivity index (χ1n) is 6.73. The van der Waals surface area contributed by atoms with Crippen LogP contribution in [0.3, 0.4) is 0 Å². The molecule has 0 amide bonds. The third-order valence-corrected chi connectivity index (χ3v) is 4.41. The molecule has 1 N–H and O–H groups in total. The van der Waals surface area contributed by atoms with E-state index in [1.807, 2.05) is 16.8 Å². The summed E-state index contributed by atoms with van der Waals surface area (Å²) in [6.45, 7) is 1.58. The Bertz CT molecular complexity index is 752. The van der Waals surface area contributed by atoms with Gasteiger partial charge in [0.15, 0.2) is 16.7 Å². The third kappa shape index (κ3) is 2.28. The monoisotopic (exact) mass is 302 g/mol. The van der Waals surface area contributed by atoms with Crippen LogP contribution in [0.4, 0.5) is 0 Å². The maximum Gasteiger partial charge on any atom is 0.176 e. The smallest absolute Gasteiger partial charge is 0.176 e. The molecular formula is C14H14N4O2S. The topological polar surface area (TPSA) is 69.0 Å². The first-order valence-corrected chi connectivity index (χ1v) is 7.72. The zero-order valence-corrected chi connectivity index (χ0v) is 12.1. The van der Waals surface area contributed by atoms with Crippen molar-refractivity contribution in [3.8, 4) is 11.6 Å². The molecule has 0 spiro atoms. The Morgan fingerprint density at radius 1 is 1.38 bits per heavy atom. The Balaban J connectivity index is 1.62. The van der Waals surface area contributed by atoms with Gasteiger partial charge in [0.2, 0.25) is 0 Å². The van der Waals surface area contributed by atoms with Crippen LogP contribution in [0, 0.1) is 0 Å². The van der Waals surface area contributed by atoms with Gasteiger partial charge in [-0.1, -0.05) is 11.8 Å². The molecule has 0 bridgehead atoms. The zero-order chi connectivity index (χ0) is 14.2. The molecule has 0 atom stereocenters. The fourth-order valence-electron chi connectivity index (χ4n) is 2.46. The number of imidazole rings is 2. The van der Waals surface area contributed by atoms with Crippen LogP contribution in [-0.2, 0) is 19.7 Å². The van der Waals surface area contributed by atoms with Gasteiger partial charge in [-0.3, -0.25) is 0 Å². The number of aliphatic hydroxyl groups is 1. The van der Waals surface area contributed by atoms with E-state index in [0.29, 0.717) is 18.1 Å². The normalized spacial score (nSPS) is 13.8. The van der Waals surface area contributed by atoms with Crippen LogP contribution >= 0.6 is 11.8 Å². The number of nitrogens with zero attached hydrogens (tertiary/aromatic N) is 4. The highest BCUT2D eigenvalue weighted by molar-refractivity contribution is 7.99. The minimum Gasteiger partial charge on any atom is -0.455 e. The molecule has 0 radical (unpaired) electrons. The molecule has 0 saturated heterocycles. The highest BCUT2D eigenvalue weighted by atomic mass is 32.2. The summed E-state index contributed by atoms with van der Waals surface area (Å²) < 4.78 is 9.74. The van der Waals surface area contributed by atoms with E-state index in [-0.39, 0.29) is 6.61 Å². The van der Waals surface area contributed by atoms with E-state index in [9.17, 15) is 0 Å². The molecule has 0 aliphatic carbocycles. The fourth-order valence-corrected chi connectivity index (χ4v) is 3.42. The molecule has 3 aromatic rings. The summed E-state index contributed by atoms with van der Waals surface area (Å²) in [7, 11) is 0. The second-order valence-electron chi connectivity index (χ2n) is 4.86. The van der Waals surface area contributed by atoms with Crippen molar-refractivity contribution in [2.75, 3.05) is 5.75 Å². The number of rotatable bonds is 4. The number of hydrogen-bond acceptors (Lipinski definition) is 5. The maximum absolute atomic E-state index is 9.08. The van der Waals surface area contributed by atoms with Crippen LogP contribution in [0.15, 0.2) is 40.3 Å². The number of aryl methyl sites for hydroxylation is 1. The molecule has 0 saturated carbocycles. The van der Waals surface area contributed by atoms with Crippen molar-refractivity contribution < 1.29 is 9.52 Å². The van der Waals surface area contributed by atoms with E-state index in [2.05, 4.69) is 20.7 Å². The quantitative estimate of drug-likeness (QED) is 0.798. The molecule has 1 aliphatic rings. The van der Waals surface area contributed by atoms with E-state index in [1.165, 1.54) is 0 Å². The predicted octanol–water partition coefficient (Wildman–Crippen LogP) is 1.99. The van der Waals surface area contributed by atoms with Crippen LogP contribution in [0.1, 0.15) is 11.5 Å². The second-order valence-corrected chi connectivity index (χ2v) is 5.92. The number of hydrogen-bond donors (Lipinski definition) is 1. The average molecular weight is 302 g/mol. The standard InChI is InChI=1S/C14H14N4O2S/c19-9-11-1-2-12(20-11)13-15-3-4-17(13)7-10-8-18-5-6-21-14(18)16-10/h1-4,8,19H,5-7,9H2. The fraction of sp³-hybridized carbons (Fsp3) is 0.286. The van der Waals surface area contributed by atoms with Crippen LogP contribution in [0.25, 0.3) is 11.6 Å². The van der Waals surface area contributed by atoms with Crippen molar-refractivity contribution >= 4 is 11.8 Å². The van der Waals surface area contributed by atoms with Gasteiger partial charge in [0.25, 0.3) is 0 Å². The van der Waals surface area contributed by atoms with Crippen molar-refractivity contribution in [1.29, 1.82) is 0 Å². The largest absolute Gasteiger partial charge is 0.455 e. The summed E-state index contributed by atoms with van der Waals surface area (Å²) >= 11 is 1.79. The third-order valence-electron chi connectivity index (χ3n) is 3.44. The zero-order valence-electron chi connectivity index (χ0n) is 11.3. The van der Waals surface area contributed by atoms with Gasteiger partial charge in [-0.2, -0.15) is 0 Å². The lowest BCUT2D eigenvalue weighted by atomic mass is 10.4. The molecule has 6 nitrogen and oxygen atoms in total. The van der Waals surface area contributed by atoms with Crippen LogP contribution < -0.4 is 0 Å². The Labute approximate surface area is 125 Å². The van der Waals surface area contributed by atoms with Crippen molar-refractivity contribution in [2.45, 2.75) is 24.9 Å². The van der Waals surface area contributed by atoms with Gasteiger partial charge in [-0.05, 0) is 12.1 Å². The summed E-state index contributed by atoms with van der Waals surface area (Å²) in [5.74, 6) is 3.05. The number of aromatic nitrogens is 4. The van der Waals surface area contributed by atoms with Gasteiger partial charge in [0.05, 0.1) is 12.2 Å². The SMILES string of the molecule is OCc1ccc(-c2nccn2Cc2cn3c(n2)SCC3)o1. The van der Waals surface area contributed by atoms with E-state index in [0.717, 1.165) is 29.0 Å². The molecular weight excluding hydrogens is 288 g/mol. The summed E-state index contributed by atoms with van der Waals surface area (Å²) in [5, 5.41) is 10.2. The summed E-state index contributed by atoms with van der Waals surface area (Å²) in [6, 6.07) is 3.59. The van der Waals surface area contributed by atoms with E-state index < -0.39 is 0 Å². The average Bonchev–Trinajstić information content (AvgIpc) is 3.21. The van der Waals surface area contributed by atoms with Gasteiger partial charge < -0.3 is 18.7 Å². The Hall–Kier alpha value is -1.99. The highest BCUT2D eigenvalue weighted by Gasteiger charge is 2.16. The molecule has 7 heteroatoms. The molecule has 4 heterocycles. The molecule has 108 valence electrons. The highest BCUT2D eigenvalue weighted by Crippen LogP contribution is 2.26. The summed E-state index contributed by atoms with van der Waals surface area (Å²) in [5.41, 5.74) is 1.02. The van der Waals surface area contributed by atoms with Crippen molar-refractivity contribution in [1.82, 2.24) is 19.1 Å². The van der Waals surface area contributed by atoms with Gasteiger partial charge in [0.1, 0.15) is 12.4 Å². The van der Waals surface area contributed by atoms with Gasteiger partial charge in [-0.15, -0.1) is 0 Å². The van der Waals surface area contributed by atoms with Crippen LogP contribution in [-0.4, -0.2) is 30.0 Å². The lowest BCUT2D eigenvalue weighted by Crippen LogP contribution is -2.01. The van der Waals surface area contributed by atoms with Gasteiger partial charge in [-0.25, -0.2) is 9.97 Å². The van der Waals surface area contributed by atoms with E-state index >= 15 is 0 Å². The van der Waals surface area contributed by atoms with Crippen LogP contribution in [0.2, 0.25) is 0 Å². The number of furan rings is 1. The number of fused-ring (bicyclic) bond motifs is 1. The lowest BCUT2D eigenvalue weighted by molar-refractivity contribution is 0.248. The minimum absolute atomic E-state index is 0.105. The Morgan fingerprint density at radius 3 is 3.14 bits per heavy atom. The molecule has 3 aromatic heterocycles.